The molecule has 0 unspecified atom stereocenters. The van der Waals surface area contributed by atoms with Crippen molar-refractivity contribution in [1.82, 2.24) is 0 Å². The third kappa shape index (κ3) is 3.20. The van der Waals surface area contributed by atoms with Gasteiger partial charge in [-0.2, -0.15) is 0 Å². The second-order valence-corrected chi connectivity index (χ2v) is 4.02. The van der Waals surface area contributed by atoms with Gasteiger partial charge in [-0.3, -0.25) is 4.79 Å². The summed E-state index contributed by atoms with van der Waals surface area (Å²) in [4.78, 5) is 11.3. The maximum atomic E-state index is 11.3. The molecule has 0 aromatic heterocycles. The van der Waals surface area contributed by atoms with Gasteiger partial charge in [-0.25, -0.2) is 0 Å². The van der Waals surface area contributed by atoms with E-state index in [2.05, 4.69) is 5.92 Å². The fourth-order valence-electron chi connectivity index (χ4n) is 2.00. The molecule has 0 aromatic carbocycles. The Morgan fingerprint density at radius 3 is 2.54 bits per heavy atom. The first-order chi connectivity index (χ1) is 6.16. The molecule has 1 aliphatic rings. The van der Waals surface area contributed by atoms with Crippen LogP contribution in [0.4, 0.5) is 0 Å². The first kappa shape index (κ1) is 10.3. The molecular weight excluding hydrogens is 162 g/mol. The van der Waals surface area contributed by atoms with E-state index in [1.165, 1.54) is 6.42 Å². The Labute approximate surface area is 79.9 Å². The van der Waals surface area contributed by atoms with Gasteiger partial charge in [-0.1, -0.05) is 25.2 Å². The number of hydrogen-bond acceptors (Lipinski definition) is 2. The molecule has 13 heavy (non-hydrogen) atoms. The number of ketones is 1. The molecule has 2 heteroatoms. The molecular formula is C11H17NO. The average molecular weight is 179 g/mol. The van der Waals surface area contributed by atoms with Gasteiger partial charge in [0.1, 0.15) is 5.78 Å². The quantitative estimate of drug-likeness (QED) is 0.669. The highest BCUT2D eigenvalue weighted by Crippen LogP contribution is 2.28. The average Bonchev–Trinajstić information content (AvgIpc) is 2.04. The zero-order chi connectivity index (χ0) is 9.73. The molecule has 0 spiro atoms. The SMILES string of the molecule is C#CCC(=O)CC1(N)CCCCC1. The summed E-state index contributed by atoms with van der Waals surface area (Å²) < 4.78 is 0. The molecule has 0 aliphatic heterocycles. The lowest BCUT2D eigenvalue weighted by Gasteiger charge is -2.32. The van der Waals surface area contributed by atoms with Crippen LogP contribution in [-0.4, -0.2) is 11.3 Å². The smallest absolute Gasteiger partial charge is 0.146 e. The lowest BCUT2D eigenvalue weighted by molar-refractivity contribution is -0.119. The summed E-state index contributed by atoms with van der Waals surface area (Å²) in [6, 6.07) is 0. The molecule has 1 fully saturated rings. The number of carbonyl (C=O) groups is 1. The van der Waals surface area contributed by atoms with Crippen molar-refractivity contribution in [2.24, 2.45) is 5.73 Å². The summed E-state index contributed by atoms with van der Waals surface area (Å²) in [6.07, 6.45) is 11.3. The predicted octanol–water partition coefficient (Wildman–Crippen LogP) is 1.63. The molecule has 0 atom stereocenters. The van der Waals surface area contributed by atoms with Crippen molar-refractivity contribution in [3.05, 3.63) is 0 Å². The number of terminal acetylenes is 1. The highest BCUT2D eigenvalue weighted by atomic mass is 16.1. The van der Waals surface area contributed by atoms with Gasteiger partial charge in [0.15, 0.2) is 0 Å². The highest BCUT2D eigenvalue weighted by molar-refractivity contribution is 5.81. The van der Waals surface area contributed by atoms with Crippen LogP contribution in [-0.2, 0) is 4.79 Å². The molecule has 0 saturated heterocycles. The molecule has 2 nitrogen and oxygen atoms in total. The van der Waals surface area contributed by atoms with Crippen LogP contribution in [0.5, 0.6) is 0 Å². The van der Waals surface area contributed by atoms with Crippen LogP contribution in [0.2, 0.25) is 0 Å². The fraction of sp³-hybridized carbons (Fsp3) is 0.727. The van der Waals surface area contributed by atoms with E-state index in [1.807, 2.05) is 0 Å². The summed E-state index contributed by atoms with van der Waals surface area (Å²) in [7, 11) is 0. The molecule has 72 valence electrons. The van der Waals surface area contributed by atoms with Crippen LogP contribution in [0.25, 0.3) is 0 Å². The van der Waals surface area contributed by atoms with Crippen molar-refractivity contribution in [3.8, 4) is 12.3 Å². The lowest BCUT2D eigenvalue weighted by Crippen LogP contribution is -2.43. The summed E-state index contributed by atoms with van der Waals surface area (Å²) in [5, 5.41) is 0. The third-order valence-electron chi connectivity index (χ3n) is 2.70. The minimum Gasteiger partial charge on any atom is -0.325 e. The number of hydrogen-bond donors (Lipinski definition) is 1. The fourth-order valence-corrected chi connectivity index (χ4v) is 2.00. The van der Waals surface area contributed by atoms with E-state index in [9.17, 15) is 4.79 Å². The summed E-state index contributed by atoms with van der Waals surface area (Å²) in [5.41, 5.74) is 5.86. The number of carbonyl (C=O) groups excluding carboxylic acids is 1. The normalized spacial score (nSPS) is 20.6. The minimum atomic E-state index is -0.244. The van der Waals surface area contributed by atoms with Crippen molar-refractivity contribution in [1.29, 1.82) is 0 Å². The van der Waals surface area contributed by atoms with Gasteiger partial charge in [-0.15, -0.1) is 6.42 Å². The van der Waals surface area contributed by atoms with Gasteiger partial charge in [0, 0.05) is 12.0 Å². The topological polar surface area (TPSA) is 43.1 Å². The summed E-state index contributed by atoms with van der Waals surface area (Å²) in [5.74, 6) is 2.49. The van der Waals surface area contributed by atoms with Gasteiger partial charge < -0.3 is 5.73 Å². The maximum absolute atomic E-state index is 11.3. The van der Waals surface area contributed by atoms with E-state index in [-0.39, 0.29) is 17.7 Å². The Bertz CT molecular complexity index is 221. The standard InChI is InChI=1S/C11H17NO/c1-2-6-10(13)9-11(12)7-4-3-5-8-11/h1H,3-9,12H2. The van der Waals surface area contributed by atoms with Crippen LogP contribution in [0, 0.1) is 12.3 Å². The van der Waals surface area contributed by atoms with Crippen molar-refractivity contribution in [2.45, 2.75) is 50.5 Å². The van der Waals surface area contributed by atoms with Crippen LogP contribution < -0.4 is 5.73 Å². The van der Waals surface area contributed by atoms with Gasteiger partial charge in [0.2, 0.25) is 0 Å². The summed E-state index contributed by atoms with van der Waals surface area (Å²) >= 11 is 0. The largest absolute Gasteiger partial charge is 0.325 e. The number of rotatable bonds is 3. The monoisotopic (exact) mass is 179 g/mol. The van der Waals surface area contributed by atoms with E-state index in [1.54, 1.807) is 0 Å². The van der Waals surface area contributed by atoms with Crippen molar-refractivity contribution in [3.63, 3.8) is 0 Å². The maximum Gasteiger partial charge on any atom is 0.146 e. The highest BCUT2D eigenvalue weighted by Gasteiger charge is 2.29. The molecule has 2 N–H and O–H groups in total. The van der Waals surface area contributed by atoms with Gasteiger partial charge in [-0.05, 0) is 12.8 Å². The van der Waals surface area contributed by atoms with Gasteiger partial charge in [0.05, 0.1) is 6.42 Å². The van der Waals surface area contributed by atoms with Gasteiger partial charge >= 0.3 is 0 Å². The number of nitrogens with two attached hydrogens (primary N) is 1. The Kier molecular flexibility index (Phi) is 3.50. The molecule has 0 bridgehead atoms. The van der Waals surface area contributed by atoms with E-state index in [0.717, 1.165) is 25.7 Å². The molecule has 0 amide bonds. The number of Topliss-reactive ketones (excluding diaryl/α,β-unsaturated/α-hetero) is 1. The first-order valence-corrected chi connectivity index (χ1v) is 4.90. The Balaban J connectivity index is 2.41. The van der Waals surface area contributed by atoms with Crippen LogP contribution in [0.3, 0.4) is 0 Å². The molecule has 0 heterocycles. The predicted molar refractivity (Wildman–Crippen MR) is 53.1 cm³/mol. The Morgan fingerprint density at radius 1 is 1.38 bits per heavy atom. The van der Waals surface area contributed by atoms with Crippen molar-refractivity contribution >= 4 is 5.78 Å². The first-order valence-electron chi connectivity index (χ1n) is 4.90. The zero-order valence-electron chi connectivity index (χ0n) is 8.01. The minimum absolute atomic E-state index is 0.118. The van der Waals surface area contributed by atoms with Gasteiger partial charge in [0.25, 0.3) is 0 Å². The second-order valence-electron chi connectivity index (χ2n) is 4.02. The zero-order valence-corrected chi connectivity index (χ0v) is 8.01. The molecule has 1 aliphatic carbocycles. The van der Waals surface area contributed by atoms with E-state index in [0.29, 0.717) is 6.42 Å². The van der Waals surface area contributed by atoms with Crippen molar-refractivity contribution < 1.29 is 4.79 Å². The van der Waals surface area contributed by atoms with E-state index < -0.39 is 0 Å². The Hall–Kier alpha value is -0.810. The van der Waals surface area contributed by atoms with E-state index >= 15 is 0 Å². The summed E-state index contributed by atoms with van der Waals surface area (Å²) in [6.45, 7) is 0. The molecule has 1 rings (SSSR count). The third-order valence-corrected chi connectivity index (χ3v) is 2.70. The van der Waals surface area contributed by atoms with Crippen molar-refractivity contribution in [2.75, 3.05) is 0 Å². The Morgan fingerprint density at radius 2 is 2.00 bits per heavy atom. The molecule has 0 radical (unpaired) electrons. The van der Waals surface area contributed by atoms with Crippen LogP contribution >= 0.6 is 0 Å². The van der Waals surface area contributed by atoms with Crippen LogP contribution in [0.1, 0.15) is 44.9 Å². The second kappa shape index (κ2) is 4.43. The van der Waals surface area contributed by atoms with Crippen LogP contribution in [0.15, 0.2) is 0 Å². The lowest BCUT2D eigenvalue weighted by atomic mass is 9.79. The molecule has 1 saturated carbocycles. The molecule has 0 aromatic rings. The van der Waals surface area contributed by atoms with E-state index in [4.69, 9.17) is 12.2 Å².